The highest BCUT2D eigenvalue weighted by atomic mass is 16.6. The van der Waals surface area contributed by atoms with Gasteiger partial charge in [0.1, 0.15) is 6.26 Å². The highest BCUT2D eigenvalue weighted by Gasteiger charge is 2.19. The molecule has 0 aliphatic carbocycles. The van der Waals surface area contributed by atoms with Gasteiger partial charge in [0, 0.05) is 13.1 Å². The third kappa shape index (κ3) is 2.04. The van der Waals surface area contributed by atoms with E-state index in [0.29, 0.717) is 0 Å². The summed E-state index contributed by atoms with van der Waals surface area (Å²) in [6, 6.07) is 0. The van der Waals surface area contributed by atoms with Crippen LogP contribution in [0.4, 0.5) is 4.79 Å². The maximum absolute atomic E-state index is 11.5. The Balaban J connectivity index is 1.88. The summed E-state index contributed by atoms with van der Waals surface area (Å²) in [6.07, 6.45) is 5.73. The highest BCUT2D eigenvalue weighted by molar-refractivity contribution is 5.69. The van der Waals surface area contributed by atoms with Crippen LogP contribution >= 0.6 is 0 Å². The van der Waals surface area contributed by atoms with Crippen LogP contribution in [0.3, 0.4) is 0 Å². The molecule has 76 valence electrons. The van der Waals surface area contributed by atoms with E-state index in [4.69, 9.17) is 9.15 Å². The Labute approximate surface area is 81.7 Å². The lowest BCUT2D eigenvalue weighted by Crippen LogP contribution is -2.37. The minimum atomic E-state index is -0.368. The van der Waals surface area contributed by atoms with Crippen LogP contribution in [0.25, 0.3) is 0 Å². The minimum Gasteiger partial charge on any atom is -0.417 e. The molecule has 0 radical (unpaired) electrons. The summed E-state index contributed by atoms with van der Waals surface area (Å²) in [5.41, 5.74) is 0. The average molecular weight is 196 g/mol. The lowest BCUT2D eigenvalue weighted by molar-refractivity contribution is 0.129. The van der Waals surface area contributed by atoms with Gasteiger partial charge < -0.3 is 14.1 Å². The average Bonchev–Trinajstić information content (AvgIpc) is 2.72. The number of likely N-dealkylation sites (tertiary alicyclic amines) is 1. The van der Waals surface area contributed by atoms with E-state index in [2.05, 4.69) is 4.98 Å². The molecule has 0 saturated carbocycles. The molecule has 0 aromatic carbocycles. The maximum Gasteiger partial charge on any atom is 0.418 e. The molecular formula is C9H12N2O3. The molecule has 1 aliphatic heterocycles. The van der Waals surface area contributed by atoms with Crippen LogP contribution < -0.4 is 4.74 Å². The monoisotopic (exact) mass is 196 g/mol. The number of carbonyl (C=O) groups excluding carboxylic acids is 1. The number of ether oxygens (including phenoxy) is 1. The summed E-state index contributed by atoms with van der Waals surface area (Å²) in [4.78, 5) is 16.9. The van der Waals surface area contributed by atoms with Crippen molar-refractivity contribution in [2.75, 3.05) is 13.1 Å². The molecule has 0 unspecified atom stereocenters. The van der Waals surface area contributed by atoms with Gasteiger partial charge in [-0.15, -0.1) is 0 Å². The summed E-state index contributed by atoms with van der Waals surface area (Å²) in [5, 5.41) is 0. The van der Waals surface area contributed by atoms with Crippen molar-refractivity contribution in [3.8, 4) is 6.08 Å². The van der Waals surface area contributed by atoms with Crippen molar-refractivity contribution >= 4 is 6.09 Å². The van der Waals surface area contributed by atoms with Gasteiger partial charge in [-0.2, -0.15) is 4.98 Å². The smallest absolute Gasteiger partial charge is 0.417 e. The van der Waals surface area contributed by atoms with E-state index in [-0.39, 0.29) is 12.2 Å². The Morgan fingerprint density at radius 3 is 2.86 bits per heavy atom. The van der Waals surface area contributed by atoms with Gasteiger partial charge in [-0.3, -0.25) is 0 Å². The van der Waals surface area contributed by atoms with Crippen LogP contribution in [0, 0.1) is 0 Å². The fourth-order valence-electron chi connectivity index (χ4n) is 1.48. The lowest BCUT2D eigenvalue weighted by atomic mass is 10.1. The van der Waals surface area contributed by atoms with E-state index >= 15 is 0 Å². The van der Waals surface area contributed by atoms with Crippen molar-refractivity contribution in [1.82, 2.24) is 9.88 Å². The SMILES string of the molecule is O=C(Oc1ncco1)N1CCCCC1. The van der Waals surface area contributed by atoms with Crippen LogP contribution in [0.1, 0.15) is 19.3 Å². The zero-order valence-corrected chi connectivity index (χ0v) is 7.81. The predicted molar refractivity (Wildman–Crippen MR) is 48.0 cm³/mol. The Kier molecular flexibility index (Phi) is 2.67. The van der Waals surface area contributed by atoms with Gasteiger partial charge in [-0.1, -0.05) is 0 Å². The molecule has 5 heteroatoms. The molecule has 2 rings (SSSR count). The van der Waals surface area contributed by atoms with E-state index < -0.39 is 0 Å². The molecular weight excluding hydrogens is 184 g/mol. The molecule has 1 aromatic heterocycles. The van der Waals surface area contributed by atoms with E-state index in [1.54, 1.807) is 4.90 Å². The fourth-order valence-corrected chi connectivity index (χ4v) is 1.48. The summed E-state index contributed by atoms with van der Waals surface area (Å²) in [5.74, 6) is 0. The molecule has 0 N–H and O–H groups in total. The normalized spacial score (nSPS) is 16.7. The van der Waals surface area contributed by atoms with Crippen molar-refractivity contribution < 1.29 is 13.9 Å². The van der Waals surface area contributed by atoms with Crippen molar-refractivity contribution in [1.29, 1.82) is 0 Å². The first-order valence-corrected chi connectivity index (χ1v) is 4.72. The van der Waals surface area contributed by atoms with E-state index in [0.717, 1.165) is 25.9 Å². The van der Waals surface area contributed by atoms with Crippen LogP contribution in [-0.4, -0.2) is 29.1 Å². The summed E-state index contributed by atoms with van der Waals surface area (Å²) in [6.45, 7) is 1.53. The fraction of sp³-hybridized carbons (Fsp3) is 0.556. The third-order valence-corrected chi connectivity index (χ3v) is 2.20. The largest absolute Gasteiger partial charge is 0.418 e. The molecule has 14 heavy (non-hydrogen) atoms. The second kappa shape index (κ2) is 4.13. The van der Waals surface area contributed by atoms with Gasteiger partial charge in [-0.25, -0.2) is 4.79 Å². The molecule has 1 saturated heterocycles. The van der Waals surface area contributed by atoms with Gasteiger partial charge in [0.2, 0.25) is 0 Å². The number of rotatable bonds is 1. The molecule has 0 spiro atoms. The third-order valence-electron chi connectivity index (χ3n) is 2.20. The number of hydrogen-bond acceptors (Lipinski definition) is 4. The molecule has 0 bridgehead atoms. The first-order valence-electron chi connectivity index (χ1n) is 4.72. The topological polar surface area (TPSA) is 55.6 Å². The Hall–Kier alpha value is -1.52. The Morgan fingerprint density at radius 2 is 2.21 bits per heavy atom. The number of carbonyl (C=O) groups is 1. The summed E-state index contributed by atoms with van der Waals surface area (Å²) in [7, 11) is 0. The Bertz CT molecular complexity index is 291. The number of hydrogen-bond donors (Lipinski definition) is 0. The van der Waals surface area contributed by atoms with E-state index in [1.807, 2.05) is 0 Å². The summed E-state index contributed by atoms with van der Waals surface area (Å²) >= 11 is 0. The minimum absolute atomic E-state index is 0.0144. The van der Waals surface area contributed by atoms with Crippen molar-refractivity contribution in [3.05, 3.63) is 12.5 Å². The zero-order valence-electron chi connectivity index (χ0n) is 7.81. The van der Waals surface area contributed by atoms with Gasteiger partial charge in [-0.05, 0) is 19.3 Å². The number of oxazole rings is 1. The van der Waals surface area contributed by atoms with Crippen LogP contribution in [0.2, 0.25) is 0 Å². The molecule has 2 heterocycles. The zero-order chi connectivity index (χ0) is 9.80. The first kappa shape index (κ1) is 9.05. The second-order valence-electron chi connectivity index (χ2n) is 3.21. The standard InChI is InChI=1S/C9H12N2O3/c12-9(11-5-2-1-3-6-11)14-8-10-4-7-13-8/h4,7H,1-3,5-6H2. The van der Waals surface area contributed by atoms with Crippen LogP contribution in [0.15, 0.2) is 16.9 Å². The quantitative estimate of drug-likeness (QED) is 0.685. The number of amides is 1. The van der Waals surface area contributed by atoms with E-state index in [9.17, 15) is 4.79 Å². The number of piperidine rings is 1. The molecule has 1 aromatic rings. The van der Waals surface area contributed by atoms with Crippen LogP contribution in [0.5, 0.6) is 6.08 Å². The Morgan fingerprint density at radius 1 is 1.43 bits per heavy atom. The molecule has 1 aliphatic rings. The number of aromatic nitrogens is 1. The van der Waals surface area contributed by atoms with Crippen LogP contribution in [-0.2, 0) is 0 Å². The van der Waals surface area contributed by atoms with Gasteiger partial charge in [0.25, 0.3) is 0 Å². The van der Waals surface area contributed by atoms with Crippen molar-refractivity contribution in [2.45, 2.75) is 19.3 Å². The molecule has 1 fully saturated rings. The van der Waals surface area contributed by atoms with Gasteiger partial charge in [0.05, 0.1) is 6.20 Å². The van der Waals surface area contributed by atoms with E-state index in [1.165, 1.54) is 18.9 Å². The second-order valence-corrected chi connectivity index (χ2v) is 3.21. The lowest BCUT2D eigenvalue weighted by Gasteiger charge is -2.24. The highest BCUT2D eigenvalue weighted by Crippen LogP contribution is 2.12. The first-order chi connectivity index (χ1) is 6.86. The van der Waals surface area contributed by atoms with Crippen molar-refractivity contribution in [3.63, 3.8) is 0 Å². The molecule has 1 amide bonds. The summed E-state index contributed by atoms with van der Waals surface area (Å²) < 4.78 is 9.72. The maximum atomic E-state index is 11.5. The van der Waals surface area contributed by atoms with Gasteiger partial charge in [0.15, 0.2) is 0 Å². The van der Waals surface area contributed by atoms with Gasteiger partial charge >= 0.3 is 12.2 Å². The number of nitrogens with zero attached hydrogens (tertiary/aromatic N) is 2. The predicted octanol–water partition coefficient (Wildman–Crippen LogP) is 1.66. The molecule has 5 nitrogen and oxygen atoms in total. The molecule has 0 atom stereocenters. The van der Waals surface area contributed by atoms with Crippen molar-refractivity contribution in [2.24, 2.45) is 0 Å².